The van der Waals surface area contributed by atoms with Gasteiger partial charge in [-0.25, -0.2) is 14.8 Å². The number of nitrogens with zero attached hydrogens (tertiary/aromatic N) is 7. The Bertz CT molecular complexity index is 1790. The smallest absolute Gasteiger partial charge is 0.335 e. The van der Waals surface area contributed by atoms with E-state index in [9.17, 15) is 14.9 Å². The zero-order chi connectivity index (χ0) is 30.8. The van der Waals surface area contributed by atoms with E-state index in [1.807, 2.05) is 44.2 Å². The zero-order valence-corrected chi connectivity index (χ0v) is 24.7. The van der Waals surface area contributed by atoms with Gasteiger partial charge in [0, 0.05) is 44.2 Å². The highest BCUT2D eigenvalue weighted by atomic mass is 16.5. The summed E-state index contributed by atoms with van der Waals surface area (Å²) in [4.78, 5) is 39.4. The summed E-state index contributed by atoms with van der Waals surface area (Å²) in [6, 6.07) is 18.7. The van der Waals surface area contributed by atoms with Crippen molar-refractivity contribution >= 4 is 22.9 Å². The van der Waals surface area contributed by atoms with E-state index in [1.165, 1.54) is 10.9 Å². The molecule has 6 rings (SSSR count). The SMILES string of the molecule is CC(C)(C=C(C#N)C(=O)N1CC(Cn2c(=O)n(-c3ccc(Oc4ccccc4)cc3)c3c(N)ncnc32)C1)N1CCOCC1. The summed E-state index contributed by atoms with van der Waals surface area (Å²) in [5.41, 5.74) is 7.03. The van der Waals surface area contributed by atoms with Crippen molar-refractivity contribution in [3.8, 4) is 23.3 Å². The molecule has 226 valence electrons. The van der Waals surface area contributed by atoms with E-state index in [4.69, 9.17) is 15.2 Å². The number of rotatable bonds is 8. The summed E-state index contributed by atoms with van der Waals surface area (Å²) in [5, 5.41) is 9.82. The second kappa shape index (κ2) is 11.9. The van der Waals surface area contributed by atoms with Gasteiger partial charge in [-0.15, -0.1) is 0 Å². The number of hydrogen-bond donors (Lipinski definition) is 1. The second-order valence-corrected chi connectivity index (χ2v) is 11.6. The van der Waals surface area contributed by atoms with Crippen LogP contribution in [0, 0.1) is 17.2 Å². The summed E-state index contributed by atoms with van der Waals surface area (Å²) in [6.45, 7) is 7.91. The number of nitrogen functional groups attached to an aromatic ring is 1. The third kappa shape index (κ3) is 5.67. The number of hydrogen-bond acceptors (Lipinski definition) is 9. The maximum Gasteiger partial charge on any atom is 0.335 e. The number of morpholine rings is 1. The molecule has 2 saturated heterocycles. The number of para-hydroxylation sites is 1. The monoisotopic (exact) mass is 594 g/mol. The molecule has 12 heteroatoms. The highest BCUT2D eigenvalue weighted by molar-refractivity contribution is 5.98. The van der Waals surface area contributed by atoms with E-state index in [0.717, 1.165) is 13.1 Å². The molecule has 0 radical (unpaired) electrons. The standard InChI is InChI=1S/C32H34N8O4/c1-32(2,38-12-14-43-15-13-38)16-23(17-33)30(41)37-18-22(19-37)20-39-29-27(28(34)35-21-36-29)40(31(39)42)24-8-10-26(11-9-24)44-25-6-4-3-5-7-25/h3-11,16,21-22H,12-15,18-20H2,1-2H3,(H2,34,35,36). The van der Waals surface area contributed by atoms with Crippen molar-refractivity contribution in [3.05, 3.63) is 83.1 Å². The number of ether oxygens (including phenoxy) is 2. The number of amides is 1. The lowest BCUT2D eigenvalue weighted by Crippen LogP contribution is -2.53. The fourth-order valence-electron chi connectivity index (χ4n) is 5.80. The molecule has 2 aromatic carbocycles. The molecule has 2 aliphatic rings. The number of benzene rings is 2. The average molecular weight is 595 g/mol. The molecule has 2 aromatic heterocycles. The number of nitriles is 1. The van der Waals surface area contributed by atoms with Crippen molar-refractivity contribution < 1.29 is 14.3 Å². The van der Waals surface area contributed by atoms with E-state index in [-0.39, 0.29) is 28.9 Å². The van der Waals surface area contributed by atoms with Gasteiger partial charge in [0.05, 0.1) is 18.9 Å². The van der Waals surface area contributed by atoms with Gasteiger partial charge in [-0.1, -0.05) is 18.2 Å². The molecule has 2 fully saturated rings. The Morgan fingerprint density at radius 3 is 2.45 bits per heavy atom. The van der Waals surface area contributed by atoms with Gasteiger partial charge in [0.15, 0.2) is 11.5 Å². The Morgan fingerprint density at radius 2 is 1.77 bits per heavy atom. The van der Waals surface area contributed by atoms with Crippen LogP contribution < -0.4 is 16.2 Å². The summed E-state index contributed by atoms with van der Waals surface area (Å²) < 4.78 is 14.4. The lowest BCUT2D eigenvalue weighted by atomic mass is 9.95. The molecule has 4 aromatic rings. The molecular formula is C32H34N8O4. The molecule has 0 spiro atoms. The number of carbonyl (C=O) groups excluding carboxylic acids is 1. The fourth-order valence-corrected chi connectivity index (χ4v) is 5.80. The zero-order valence-electron chi connectivity index (χ0n) is 24.7. The minimum Gasteiger partial charge on any atom is -0.457 e. The Morgan fingerprint density at radius 1 is 1.09 bits per heavy atom. The normalized spacial score (nSPS) is 16.5. The van der Waals surface area contributed by atoms with Gasteiger partial charge in [0.25, 0.3) is 5.91 Å². The Labute approximate surface area is 254 Å². The van der Waals surface area contributed by atoms with Gasteiger partial charge in [-0.3, -0.25) is 18.8 Å². The van der Waals surface area contributed by atoms with Crippen LogP contribution in [0.5, 0.6) is 11.5 Å². The molecule has 12 nitrogen and oxygen atoms in total. The van der Waals surface area contributed by atoms with Gasteiger partial charge in [0.2, 0.25) is 0 Å². The first-order chi connectivity index (χ1) is 21.2. The predicted molar refractivity (Wildman–Crippen MR) is 164 cm³/mol. The molecule has 0 aliphatic carbocycles. The number of carbonyl (C=O) groups is 1. The first-order valence-corrected chi connectivity index (χ1v) is 14.6. The van der Waals surface area contributed by atoms with E-state index in [0.29, 0.717) is 61.2 Å². The molecule has 0 bridgehead atoms. The van der Waals surface area contributed by atoms with Gasteiger partial charge in [-0.05, 0) is 56.3 Å². The molecule has 44 heavy (non-hydrogen) atoms. The van der Waals surface area contributed by atoms with Gasteiger partial charge in [-0.2, -0.15) is 5.26 Å². The van der Waals surface area contributed by atoms with Crippen LogP contribution in [0.25, 0.3) is 16.9 Å². The van der Waals surface area contributed by atoms with E-state index in [2.05, 4.69) is 20.9 Å². The third-order valence-corrected chi connectivity index (χ3v) is 8.17. The lowest BCUT2D eigenvalue weighted by molar-refractivity contribution is -0.133. The van der Waals surface area contributed by atoms with Crippen molar-refractivity contribution in [2.45, 2.75) is 25.9 Å². The van der Waals surface area contributed by atoms with Gasteiger partial charge < -0.3 is 20.1 Å². The molecule has 0 atom stereocenters. The van der Waals surface area contributed by atoms with Crippen LogP contribution in [-0.4, -0.2) is 79.7 Å². The quantitative estimate of drug-likeness (QED) is 0.240. The highest BCUT2D eigenvalue weighted by Gasteiger charge is 2.35. The van der Waals surface area contributed by atoms with Crippen molar-refractivity contribution in [2.24, 2.45) is 5.92 Å². The van der Waals surface area contributed by atoms with Crippen LogP contribution in [-0.2, 0) is 16.1 Å². The largest absolute Gasteiger partial charge is 0.457 e. The average Bonchev–Trinajstić information content (AvgIpc) is 3.30. The highest BCUT2D eigenvalue weighted by Crippen LogP contribution is 2.27. The fraction of sp³-hybridized carbons (Fsp3) is 0.344. The van der Waals surface area contributed by atoms with E-state index >= 15 is 0 Å². The molecule has 2 aliphatic heterocycles. The van der Waals surface area contributed by atoms with Crippen LogP contribution in [0.4, 0.5) is 5.82 Å². The summed E-state index contributed by atoms with van der Waals surface area (Å²) in [6.07, 6.45) is 3.09. The Hall–Kier alpha value is -4.99. The summed E-state index contributed by atoms with van der Waals surface area (Å²) in [5.74, 6) is 1.22. The number of nitrogens with two attached hydrogens (primary N) is 1. The topological polar surface area (TPSA) is 145 Å². The molecule has 4 heterocycles. The number of aromatic nitrogens is 4. The van der Waals surface area contributed by atoms with Crippen LogP contribution in [0.3, 0.4) is 0 Å². The molecule has 2 N–H and O–H groups in total. The van der Waals surface area contributed by atoms with Crippen molar-refractivity contribution in [2.75, 3.05) is 45.1 Å². The first kappa shape index (κ1) is 29.1. The van der Waals surface area contributed by atoms with Crippen LogP contribution in [0.1, 0.15) is 13.8 Å². The number of likely N-dealkylation sites (tertiary alicyclic amines) is 1. The molecule has 0 unspecified atom stereocenters. The minimum absolute atomic E-state index is 0.000680. The second-order valence-electron chi connectivity index (χ2n) is 11.6. The Kier molecular flexibility index (Phi) is 7.90. The van der Waals surface area contributed by atoms with Gasteiger partial charge >= 0.3 is 5.69 Å². The molecule has 0 saturated carbocycles. The van der Waals surface area contributed by atoms with Crippen LogP contribution >= 0.6 is 0 Å². The number of imidazole rings is 1. The minimum atomic E-state index is -0.463. The third-order valence-electron chi connectivity index (χ3n) is 8.17. The molecule has 1 amide bonds. The van der Waals surface area contributed by atoms with Crippen molar-refractivity contribution in [3.63, 3.8) is 0 Å². The Balaban J connectivity index is 1.19. The van der Waals surface area contributed by atoms with Crippen molar-refractivity contribution in [1.82, 2.24) is 28.9 Å². The maximum absolute atomic E-state index is 13.8. The molecular weight excluding hydrogens is 560 g/mol. The van der Waals surface area contributed by atoms with Crippen LogP contribution in [0.2, 0.25) is 0 Å². The predicted octanol–water partition coefficient (Wildman–Crippen LogP) is 2.98. The van der Waals surface area contributed by atoms with Crippen LogP contribution in [0.15, 0.2) is 77.4 Å². The summed E-state index contributed by atoms with van der Waals surface area (Å²) in [7, 11) is 0. The lowest BCUT2D eigenvalue weighted by Gasteiger charge is -2.41. The van der Waals surface area contributed by atoms with E-state index in [1.54, 1.807) is 39.8 Å². The van der Waals surface area contributed by atoms with Gasteiger partial charge in [0.1, 0.15) is 35.0 Å². The number of fused-ring (bicyclic) bond motifs is 1. The number of anilines is 1. The van der Waals surface area contributed by atoms with Crippen molar-refractivity contribution in [1.29, 1.82) is 5.26 Å². The maximum atomic E-state index is 13.8. The first-order valence-electron chi connectivity index (χ1n) is 14.6. The van der Waals surface area contributed by atoms with E-state index < -0.39 is 5.54 Å². The summed E-state index contributed by atoms with van der Waals surface area (Å²) >= 11 is 0.